The molecule has 0 unspecified atom stereocenters. The molecule has 0 fully saturated rings. The fourth-order valence-electron chi connectivity index (χ4n) is 2.74. The zero-order chi connectivity index (χ0) is 24.8. The quantitative estimate of drug-likeness (QED) is 0.168. The number of carbonyl (C=O) groups is 3. The van der Waals surface area contributed by atoms with Crippen molar-refractivity contribution in [1.29, 1.82) is 0 Å². The zero-order valence-electron chi connectivity index (χ0n) is 18.7. The fourth-order valence-corrected chi connectivity index (χ4v) is 2.74. The topological polar surface area (TPSA) is 107 Å². The number of benzene rings is 2. The molecule has 9 heteroatoms. The molecule has 0 radical (unpaired) electrons. The van der Waals surface area contributed by atoms with Crippen molar-refractivity contribution < 1.29 is 42.8 Å². The maximum atomic E-state index is 11.2. The first-order chi connectivity index (χ1) is 16.5. The van der Waals surface area contributed by atoms with Crippen LogP contribution in [-0.4, -0.2) is 57.5 Å². The Kier molecular flexibility index (Phi) is 10.7. The molecular weight excluding hydrogens is 444 g/mol. The summed E-state index contributed by atoms with van der Waals surface area (Å²) in [6, 6.07) is 8.72. The largest absolute Gasteiger partial charge is 0.489 e. The van der Waals surface area contributed by atoms with Gasteiger partial charge in [-0.15, -0.1) is 0 Å². The van der Waals surface area contributed by atoms with E-state index in [1.165, 1.54) is 0 Å². The molecule has 0 N–H and O–H groups in total. The van der Waals surface area contributed by atoms with E-state index in [0.717, 1.165) is 18.2 Å². The van der Waals surface area contributed by atoms with Gasteiger partial charge in [-0.05, 0) is 18.2 Å². The summed E-state index contributed by atoms with van der Waals surface area (Å²) >= 11 is 0. The summed E-state index contributed by atoms with van der Waals surface area (Å²) in [4.78, 5) is 33.6. The molecule has 0 aromatic heterocycles. The van der Waals surface area contributed by atoms with E-state index in [-0.39, 0.29) is 39.6 Å². The van der Waals surface area contributed by atoms with Crippen molar-refractivity contribution >= 4 is 28.7 Å². The third-order valence-electron chi connectivity index (χ3n) is 4.18. The van der Waals surface area contributed by atoms with Gasteiger partial charge >= 0.3 is 17.9 Å². The van der Waals surface area contributed by atoms with Crippen LogP contribution in [0.15, 0.2) is 68.3 Å². The Morgan fingerprint density at radius 1 is 0.588 bits per heavy atom. The first-order valence-corrected chi connectivity index (χ1v) is 10.3. The van der Waals surface area contributed by atoms with E-state index < -0.39 is 17.9 Å². The maximum absolute atomic E-state index is 11.2. The van der Waals surface area contributed by atoms with Crippen LogP contribution in [0.1, 0.15) is 0 Å². The van der Waals surface area contributed by atoms with Crippen LogP contribution < -0.4 is 14.2 Å². The summed E-state index contributed by atoms with van der Waals surface area (Å²) in [7, 11) is 0. The highest BCUT2D eigenvalue weighted by Crippen LogP contribution is 2.39. The SMILES string of the molecule is C=CC(=O)OCCOc1ccc(OCCOC(=O)C=C)c2c(OCCOC(=O)C=C)cccc12. The monoisotopic (exact) mass is 470 g/mol. The average Bonchev–Trinajstić information content (AvgIpc) is 2.86. The number of rotatable bonds is 15. The van der Waals surface area contributed by atoms with Crippen LogP contribution in [0, 0.1) is 0 Å². The summed E-state index contributed by atoms with van der Waals surface area (Å²) in [6.45, 7) is 10.4. The second kappa shape index (κ2) is 14.0. The summed E-state index contributed by atoms with van der Waals surface area (Å²) < 4.78 is 32.2. The summed E-state index contributed by atoms with van der Waals surface area (Å²) in [6.07, 6.45) is 3.21. The third-order valence-corrected chi connectivity index (χ3v) is 4.18. The standard InChI is InChI=1S/C25H26O9/c1-4-22(26)32-15-12-29-19-10-11-21(31-14-17-34-24(28)6-3)25-18(19)8-7-9-20(25)30-13-16-33-23(27)5-2/h4-11H,1-3,12-17H2. The van der Waals surface area contributed by atoms with Crippen molar-refractivity contribution in [3.63, 3.8) is 0 Å². The Labute approximate surface area is 197 Å². The lowest BCUT2D eigenvalue weighted by molar-refractivity contribution is -0.139. The molecule has 2 rings (SSSR count). The van der Waals surface area contributed by atoms with Gasteiger partial charge in [0.1, 0.15) is 56.9 Å². The molecule has 9 nitrogen and oxygen atoms in total. The van der Waals surface area contributed by atoms with Crippen LogP contribution in [0.3, 0.4) is 0 Å². The van der Waals surface area contributed by atoms with Gasteiger partial charge in [0.25, 0.3) is 0 Å². The smallest absolute Gasteiger partial charge is 0.330 e. The van der Waals surface area contributed by atoms with Crippen LogP contribution in [0.25, 0.3) is 10.8 Å². The molecule has 0 bridgehead atoms. The summed E-state index contributed by atoms with van der Waals surface area (Å²) in [5, 5.41) is 1.28. The van der Waals surface area contributed by atoms with Crippen LogP contribution in [0.5, 0.6) is 17.2 Å². The van der Waals surface area contributed by atoms with E-state index in [0.29, 0.717) is 28.0 Å². The number of esters is 3. The lowest BCUT2D eigenvalue weighted by Crippen LogP contribution is -2.12. The predicted molar refractivity (Wildman–Crippen MR) is 124 cm³/mol. The van der Waals surface area contributed by atoms with E-state index in [1.54, 1.807) is 24.3 Å². The van der Waals surface area contributed by atoms with Crippen molar-refractivity contribution in [2.24, 2.45) is 0 Å². The maximum Gasteiger partial charge on any atom is 0.330 e. The lowest BCUT2D eigenvalue weighted by atomic mass is 10.1. The van der Waals surface area contributed by atoms with Crippen LogP contribution in [0.2, 0.25) is 0 Å². The van der Waals surface area contributed by atoms with Gasteiger partial charge in [0.05, 0.1) is 5.39 Å². The molecule has 2 aromatic carbocycles. The van der Waals surface area contributed by atoms with Crippen LogP contribution in [0.4, 0.5) is 0 Å². The highest BCUT2D eigenvalue weighted by Gasteiger charge is 2.14. The normalized spacial score (nSPS) is 10.0. The van der Waals surface area contributed by atoms with E-state index in [9.17, 15) is 14.4 Å². The van der Waals surface area contributed by atoms with Crippen molar-refractivity contribution in [3.8, 4) is 17.2 Å². The molecule has 0 aliphatic rings. The van der Waals surface area contributed by atoms with Crippen molar-refractivity contribution in [1.82, 2.24) is 0 Å². The minimum absolute atomic E-state index is 0.0276. The van der Waals surface area contributed by atoms with Gasteiger partial charge in [-0.3, -0.25) is 0 Å². The minimum atomic E-state index is -0.549. The highest BCUT2D eigenvalue weighted by molar-refractivity contribution is 5.98. The van der Waals surface area contributed by atoms with Crippen molar-refractivity contribution in [2.75, 3.05) is 39.6 Å². The first-order valence-electron chi connectivity index (χ1n) is 10.3. The Morgan fingerprint density at radius 2 is 1.00 bits per heavy atom. The molecular formula is C25H26O9. The molecule has 0 saturated heterocycles. The van der Waals surface area contributed by atoms with Gasteiger partial charge in [-0.25, -0.2) is 14.4 Å². The Balaban J connectivity index is 2.21. The molecule has 180 valence electrons. The third kappa shape index (κ3) is 8.01. The molecule has 0 aliphatic heterocycles. The number of carbonyl (C=O) groups excluding carboxylic acids is 3. The number of ether oxygens (including phenoxy) is 6. The first kappa shape index (κ1) is 26.0. The van der Waals surface area contributed by atoms with Gasteiger partial charge < -0.3 is 28.4 Å². The van der Waals surface area contributed by atoms with E-state index in [2.05, 4.69) is 19.7 Å². The fraction of sp³-hybridized carbons (Fsp3) is 0.240. The van der Waals surface area contributed by atoms with Crippen molar-refractivity contribution in [3.05, 3.63) is 68.3 Å². The minimum Gasteiger partial charge on any atom is -0.489 e. The molecule has 0 amide bonds. The van der Waals surface area contributed by atoms with Gasteiger partial charge in [-0.1, -0.05) is 31.9 Å². The Morgan fingerprint density at radius 3 is 1.47 bits per heavy atom. The van der Waals surface area contributed by atoms with Crippen LogP contribution in [-0.2, 0) is 28.6 Å². The lowest BCUT2D eigenvalue weighted by Gasteiger charge is -2.17. The van der Waals surface area contributed by atoms with Gasteiger partial charge in [0.15, 0.2) is 0 Å². The van der Waals surface area contributed by atoms with Crippen molar-refractivity contribution in [2.45, 2.75) is 0 Å². The summed E-state index contributed by atoms with van der Waals surface area (Å²) in [5.74, 6) is -0.191. The Bertz CT molecular complexity index is 1010. The van der Waals surface area contributed by atoms with Gasteiger partial charge in [0.2, 0.25) is 0 Å². The van der Waals surface area contributed by atoms with E-state index >= 15 is 0 Å². The predicted octanol–water partition coefficient (Wildman–Crippen LogP) is 3.16. The molecule has 0 atom stereocenters. The van der Waals surface area contributed by atoms with Gasteiger partial charge in [0, 0.05) is 23.6 Å². The Hall–Kier alpha value is -4.27. The number of hydrogen-bond donors (Lipinski definition) is 0. The molecule has 0 saturated carbocycles. The average molecular weight is 470 g/mol. The molecule has 2 aromatic rings. The van der Waals surface area contributed by atoms with E-state index in [1.807, 2.05) is 6.07 Å². The number of hydrogen-bond acceptors (Lipinski definition) is 9. The second-order valence-electron chi connectivity index (χ2n) is 6.40. The second-order valence-corrected chi connectivity index (χ2v) is 6.40. The highest BCUT2D eigenvalue weighted by atomic mass is 16.6. The molecule has 0 heterocycles. The number of fused-ring (bicyclic) bond motifs is 1. The molecule has 34 heavy (non-hydrogen) atoms. The zero-order valence-corrected chi connectivity index (χ0v) is 18.7. The summed E-state index contributed by atoms with van der Waals surface area (Å²) in [5.41, 5.74) is 0. The molecule has 0 spiro atoms. The van der Waals surface area contributed by atoms with Crippen LogP contribution >= 0.6 is 0 Å². The van der Waals surface area contributed by atoms with Gasteiger partial charge in [-0.2, -0.15) is 0 Å². The molecule has 0 aliphatic carbocycles. The van der Waals surface area contributed by atoms with E-state index in [4.69, 9.17) is 28.4 Å².